The van der Waals surface area contributed by atoms with Crippen LogP contribution in [0.4, 0.5) is 0 Å². The lowest BCUT2D eigenvalue weighted by Gasteiger charge is -2.13. The zero-order chi connectivity index (χ0) is 12.0. The summed E-state index contributed by atoms with van der Waals surface area (Å²) in [5, 5.41) is 9.32. The molecule has 0 aliphatic carbocycles. The van der Waals surface area contributed by atoms with Gasteiger partial charge in [0.05, 0.1) is 6.10 Å². The molecule has 1 aromatic rings. The molecule has 0 radical (unpaired) electrons. The lowest BCUT2D eigenvalue weighted by Crippen LogP contribution is -2.25. The van der Waals surface area contributed by atoms with Gasteiger partial charge in [0.2, 0.25) is 0 Å². The van der Waals surface area contributed by atoms with Crippen LogP contribution in [0.2, 0.25) is 0 Å². The van der Waals surface area contributed by atoms with E-state index >= 15 is 0 Å². The molecule has 0 spiro atoms. The highest BCUT2D eigenvalue weighted by atomic mass is 16.3. The zero-order valence-electron chi connectivity index (χ0n) is 9.94. The average molecular weight is 224 g/mol. The van der Waals surface area contributed by atoms with Gasteiger partial charge >= 0.3 is 0 Å². The second kappa shape index (κ2) is 6.45. The predicted molar refractivity (Wildman–Crippen MR) is 64.3 cm³/mol. The summed E-state index contributed by atoms with van der Waals surface area (Å²) in [6, 6.07) is 3.65. The molecule has 1 atom stereocenters. The van der Waals surface area contributed by atoms with Crippen LogP contribution in [0.15, 0.2) is 23.1 Å². The van der Waals surface area contributed by atoms with Crippen molar-refractivity contribution in [3.8, 4) is 0 Å². The Morgan fingerprint density at radius 2 is 2.31 bits per heavy atom. The summed E-state index contributed by atoms with van der Waals surface area (Å²) in [5.41, 5.74) is 0.732. The van der Waals surface area contributed by atoms with Crippen LogP contribution in [-0.2, 0) is 6.54 Å². The number of nitrogens with one attached hydrogen (secondary N) is 1. The first-order chi connectivity index (χ1) is 7.75. The normalized spacial score (nSPS) is 20.3. The zero-order valence-corrected chi connectivity index (χ0v) is 9.94. The van der Waals surface area contributed by atoms with Crippen molar-refractivity contribution < 1.29 is 5.11 Å². The molecule has 0 amide bonds. The molecule has 1 aliphatic heterocycles. The fraction of sp³-hybridized carbons (Fsp3) is 0.583. The van der Waals surface area contributed by atoms with E-state index in [4.69, 9.17) is 0 Å². The highest BCUT2D eigenvalue weighted by molar-refractivity contribution is 5.09. The van der Waals surface area contributed by atoms with Gasteiger partial charge in [-0.25, -0.2) is 0 Å². The molecule has 1 saturated heterocycles. The number of aromatic amines is 1. The Labute approximate surface area is 95.9 Å². The molecule has 1 fully saturated rings. The minimum atomic E-state index is -0.224. The number of H-pyrrole nitrogens is 1. The average Bonchev–Trinajstić information content (AvgIpc) is 2.70. The lowest BCUT2D eigenvalue weighted by atomic mass is 10.2. The Balaban J connectivity index is 0.000000606. The van der Waals surface area contributed by atoms with Crippen molar-refractivity contribution in [1.29, 1.82) is 0 Å². The lowest BCUT2D eigenvalue weighted by molar-refractivity contribution is 0.174. The molecule has 16 heavy (non-hydrogen) atoms. The number of likely N-dealkylation sites (tertiary alicyclic amines) is 1. The summed E-state index contributed by atoms with van der Waals surface area (Å²) in [7, 11) is 0. The number of hydrogen-bond donors (Lipinski definition) is 2. The molecular formula is C12H20N2O2. The van der Waals surface area contributed by atoms with Gasteiger partial charge in [0.15, 0.2) is 0 Å². The van der Waals surface area contributed by atoms with Crippen LogP contribution in [0.1, 0.15) is 25.8 Å². The first kappa shape index (κ1) is 12.9. The van der Waals surface area contributed by atoms with Gasteiger partial charge in [-0.1, -0.05) is 19.9 Å². The monoisotopic (exact) mass is 224 g/mol. The van der Waals surface area contributed by atoms with Crippen molar-refractivity contribution in [2.24, 2.45) is 0 Å². The van der Waals surface area contributed by atoms with E-state index in [1.807, 2.05) is 26.0 Å². The largest absolute Gasteiger partial charge is 0.392 e. The van der Waals surface area contributed by atoms with Crippen molar-refractivity contribution in [2.75, 3.05) is 13.1 Å². The highest BCUT2D eigenvalue weighted by Gasteiger charge is 2.20. The first-order valence-corrected chi connectivity index (χ1v) is 5.83. The van der Waals surface area contributed by atoms with Crippen molar-refractivity contribution in [1.82, 2.24) is 9.88 Å². The third-order valence-corrected chi connectivity index (χ3v) is 2.54. The molecule has 4 heteroatoms. The fourth-order valence-corrected chi connectivity index (χ4v) is 1.78. The minimum Gasteiger partial charge on any atom is -0.392 e. The summed E-state index contributed by atoms with van der Waals surface area (Å²) >= 11 is 0. The van der Waals surface area contributed by atoms with E-state index < -0.39 is 0 Å². The topological polar surface area (TPSA) is 56.3 Å². The first-order valence-electron chi connectivity index (χ1n) is 5.83. The number of β-amino-alcohol motifs (C(OH)–C–C–N with tert-alkyl or cyclic N) is 1. The van der Waals surface area contributed by atoms with E-state index in [1.54, 1.807) is 6.20 Å². The fourth-order valence-electron chi connectivity index (χ4n) is 1.78. The van der Waals surface area contributed by atoms with Gasteiger partial charge in [-0.2, -0.15) is 0 Å². The molecule has 0 bridgehead atoms. The number of aliphatic hydroxyl groups excluding tert-OH is 1. The van der Waals surface area contributed by atoms with Crippen molar-refractivity contribution in [2.45, 2.75) is 32.9 Å². The van der Waals surface area contributed by atoms with Crippen LogP contribution in [0.3, 0.4) is 0 Å². The second-order valence-corrected chi connectivity index (χ2v) is 3.70. The summed E-state index contributed by atoms with van der Waals surface area (Å²) in [5.74, 6) is 0. The van der Waals surface area contributed by atoms with Gasteiger partial charge in [-0.3, -0.25) is 9.69 Å². The number of aliphatic hydroxyl groups is 1. The maximum Gasteiger partial charge on any atom is 0.252 e. The smallest absolute Gasteiger partial charge is 0.252 e. The molecule has 2 rings (SSSR count). The Hall–Kier alpha value is -1.13. The third kappa shape index (κ3) is 3.47. The summed E-state index contributed by atoms with van der Waals surface area (Å²) in [6.45, 7) is 6.18. The SMILES string of the molecule is CC.O=c1[nH]cccc1CN1CCC(O)C1. The Morgan fingerprint density at radius 3 is 2.88 bits per heavy atom. The third-order valence-electron chi connectivity index (χ3n) is 2.54. The van der Waals surface area contributed by atoms with Gasteiger partial charge in [-0.05, 0) is 12.5 Å². The van der Waals surface area contributed by atoms with Gasteiger partial charge in [0.1, 0.15) is 0 Å². The molecule has 1 unspecified atom stereocenters. The van der Waals surface area contributed by atoms with Crippen molar-refractivity contribution >= 4 is 0 Å². The molecule has 2 heterocycles. The van der Waals surface area contributed by atoms with E-state index in [2.05, 4.69) is 9.88 Å². The van der Waals surface area contributed by atoms with Crippen molar-refractivity contribution in [3.63, 3.8) is 0 Å². The van der Waals surface area contributed by atoms with Crippen molar-refractivity contribution in [3.05, 3.63) is 34.2 Å². The highest BCUT2D eigenvalue weighted by Crippen LogP contribution is 2.10. The van der Waals surface area contributed by atoms with E-state index in [0.717, 1.165) is 18.5 Å². The Kier molecular flexibility index (Phi) is 5.22. The molecule has 0 saturated carbocycles. The minimum absolute atomic E-state index is 0.0334. The number of hydrogen-bond acceptors (Lipinski definition) is 3. The Bertz CT molecular complexity index is 362. The number of aromatic nitrogens is 1. The van der Waals surface area contributed by atoms with Gasteiger partial charge in [-0.15, -0.1) is 0 Å². The molecule has 1 aromatic heterocycles. The molecule has 2 N–H and O–H groups in total. The quantitative estimate of drug-likeness (QED) is 0.787. The molecule has 4 nitrogen and oxygen atoms in total. The number of pyridine rings is 1. The van der Waals surface area contributed by atoms with Gasteiger partial charge < -0.3 is 10.1 Å². The molecule has 1 aliphatic rings. The second-order valence-electron chi connectivity index (χ2n) is 3.70. The maximum absolute atomic E-state index is 11.3. The van der Waals surface area contributed by atoms with Gasteiger partial charge in [0.25, 0.3) is 5.56 Å². The van der Waals surface area contributed by atoms with Crippen LogP contribution in [0, 0.1) is 0 Å². The van der Waals surface area contributed by atoms with Crippen LogP contribution in [0.25, 0.3) is 0 Å². The van der Waals surface area contributed by atoms with E-state index in [0.29, 0.717) is 13.1 Å². The van der Waals surface area contributed by atoms with E-state index in [-0.39, 0.29) is 11.7 Å². The maximum atomic E-state index is 11.3. The van der Waals surface area contributed by atoms with Crippen LogP contribution < -0.4 is 5.56 Å². The van der Waals surface area contributed by atoms with E-state index in [1.165, 1.54) is 0 Å². The van der Waals surface area contributed by atoms with Crippen LogP contribution in [-0.4, -0.2) is 34.2 Å². The van der Waals surface area contributed by atoms with E-state index in [9.17, 15) is 9.90 Å². The molecule has 90 valence electrons. The summed E-state index contributed by atoms with van der Waals surface area (Å²) in [6.07, 6.45) is 2.22. The summed E-state index contributed by atoms with van der Waals surface area (Å²) < 4.78 is 0. The number of rotatable bonds is 2. The Morgan fingerprint density at radius 1 is 1.56 bits per heavy atom. The number of nitrogens with zero attached hydrogens (tertiary/aromatic N) is 1. The molecule has 0 aromatic carbocycles. The van der Waals surface area contributed by atoms with Crippen LogP contribution >= 0.6 is 0 Å². The van der Waals surface area contributed by atoms with Gasteiger partial charge in [0, 0.05) is 31.4 Å². The van der Waals surface area contributed by atoms with Crippen LogP contribution in [0.5, 0.6) is 0 Å². The summed E-state index contributed by atoms with van der Waals surface area (Å²) in [4.78, 5) is 16.1. The predicted octanol–water partition coefficient (Wildman–Crippen LogP) is 0.968. The standard InChI is InChI=1S/C10H14N2O2.C2H6/c13-9-3-5-12(7-9)6-8-2-1-4-11-10(8)14;1-2/h1-2,4,9,13H,3,5-7H2,(H,11,14);1-2H3. The molecular weight excluding hydrogens is 204 g/mol.